The van der Waals surface area contributed by atoms with Crippen LogP contribution in [0.15, 0.2) is 273 Å². The van der Waals surface area contributed by atoms with Gasteiger partial charge in [-0.15, -0.1) is 0 Å². The Morgan fingerprint density at radius 3 is 0.377 bits per heavy atom. The Morgan fingerprint density at radius 1 is 0.203 bits per heavy atom. The molecule has 0 saturated carbocycles. The van der Waals surface area contributed by atoms with Gasteiger partial charge in [0.1, 0.15) is 58.5 Å². The predicted octanol–water partition coefficient (Wildman–Crippen LogP) is 16.6. The number of carbonyl (C=O) groups excluding carboxylic acids is 1. The first-order valence-corrected chi connectivity index (χ1v) is 24.3. The maximum absolute atomic E-state index is 8.00. The molecule has 0 aliphatic heterocycles. The minimum absolute atomic E-state index is 0. The number of rotatable bonds is 18. The Balaban J connectivity index is 0.000000520. The largest absolute Gasteiger partial charge is 1.00 e. The average Bonchev–Trinajstić information content (AvgIpc) is 3.40. The van der Waals surface area contributed by atoms with E-state index in [4.69, 9.17) is 45.5 Å². The molecule has 0 saturated heterocycles. The predicted molar refractivity (Wildman–Crippen MR) is 276 cm³/mol. The van der Waals surface area contributed by atoms with E-state index >= 15 is 0 Å². The molecule has 0 N–H and O–H groups in total. The van der Waals surface area contributed by atoms with E-state index in [1.165, 1.54) is 0 Å². The molecular weight excluding hydrogens is 1110 g/mol. The van der Waals surface area contributed by atoms with Crippen molar-refractivity contribution in [1.82, 2.24) is 0 Å². The van der Waals surface area contributed by atoms with Gasteiger partial charge in [0, 0.05) is 20.1 Å². The summed E-state index contributed by atoms with van der Waals surface area (Å²) in [7, 11) is -4.77. The zero-order chi connectivity index (χ0) is 47.1. The third-order valence-corrected chi connectivity index (χ3v) is 11.5. The second-order valence-electron chi connectivity index (χ2n) is 13.3. The Morgan fingerprint density at radius 2 is 0.290 bits per heavy atom. The fourth-order valence-electron chi connectivity index (χ4n) is 5.27. The maximum atomic E-state index is 8.00. The van der Waals surface area contributed by atoms with Crippen molar-refractivity contribution in [2.24, 2.45) is 0 Å². The smallest absolute Gasteiger partial charge is 0.530 e. The first kappa shape index (κ1) is 52.8. The fraction of sp³-hybridized carbons (Fsp3) is 0. The van der Waals surface area contributed by atoms with Crippen LogP contribution in [0, 0.1) is 0 Å². The van der Waals surface area contributed by atoms with Gasteiger partial charge in [-0.05, 0) is 109 Å². The molecule has 0 heterocycles. The van der Waals surface area contributed by atoms with E-state index in [9.17, 15) is 0 Å². The SMILES string of the molecule is C=O.[H-].[H-].[H-].[H-].[Ir].c1ccc(OP(Oc2ccccc2)Oc2ccccc2)cc1.c1ccc(OP(Oc2ccccc2)Oc2ccccc2)cc1.c1ccc(OP(Oc2ccccc2)Oc2ccccc2)cc1. The van der Waals surface area contributed by atoms with E-state index in [0.717, 1.165) is 0 Å². The topological polar surface area (TPSA) is 100 Å². The molecule has 0 atom stereocenters. The van der Waals surface area contributed by atoms with E-state index in [0.29, 0.717) is 51.7 Å². The van der Waals surface area contributed by atoms with E-state index in [1.807, 2.05) is 280 Å². The first-order valence-electron chi connectivity index (χ1n) is 21.0. The number of hydrogen-bond donors (Lipinski definition) is 0. The fourth-order valence-corrected chi connectivity index (χ4v) is 8.25. The van der Waals surface area contributed by atoms with Gasteiger partial charge in [0.25, 0.3) is 0 Å². The normalized spacial score (nSPS) is 9.84. The summed E-state index contributed by atoms with van der Waals surface area (Å²) in [6, 6.07) is 85.5. The maximum Gasteiger partial charge on any atom is 0.530 e. The molecule has 0 bridgehead atoms. The summed E-state index contributed by atoms with van der Waals surface area (Å²) >= 11 is 0. The molecular formula is C55H51IrO10P3-4. The van der Waals surface area contributed by atoms with E-state index in [2.05, 4.69) is 0 Å². The van der Waals surface area contributed by atoms with Crippen LogP contribution in [0.1, 0.15) is 5.71 Å². The molecule has 0 unspecified atom stereocenters. The van der Waals surface area contributed by atoms with E-state index in [1.54, 1.807) is 0 Å². The Kier molecular flexibility index (Phi) is 24.2. The van der Waals surface area contributed by atoms with Crippen molar-refractivity contribution in [1.29, 1.82) is 0 Å². The molecule has 1 radical (unpaired) electrons. The van der Waals surface area contributed by atoms with Crippen LogP contribution in [-0.4, -0.2) is 6.79 Å². The van der Waals surface area contributed by atoms with Crippen LogP contribution in [0.5, 0.6) is 51.7 Å². The Bertz CT molecular complexity index is 2070. The average molecular weight is 1160 g/mol. The molecule has 359 valence electrons. The van der Waals surface area contributed by atoms with Crippen LogP contribution >= 0.6 is 25.8 Å². The number of benzene rings is 9. The summed E-state index contributed by atoms with van der Waals surface area (Å²) in [5.41, 5.74) is 0. The molecule has 0 aromatic heterocycles. The van der Waals surface area contributed by atoms with E-state index in [-0.39, 0.29) is 25.8 Å². The van der Waals surface area contributed by atoms with Crippen molar-refractivity contribution in [2.45, 2.75) is 0 Å². The first-order chi connectivity index (χ1) is 33.7. The van der Waals surface area contributed by atoms with Gasteiger partial charge in [-0.1, -0.05) is 164 Å². The quantitative estimate of drug-likeness (QED) is 0.0772. The number of para-hydroxylation sites is 9. The molecule has 0 aliphatic rings. The van der Waals surface area contributed by atoms with Crippen molar-refractivity contribution < 1.29 is 71.3 Å². The number of hydrogen-bond acceptors (Lipinski definition) is 10. The second-order valence-corrected chi connectivity index (χ2v) is 16.3. The van der Waals surface area contributed by atoms with Gasteiger partial charge < -0.3 is 51.2 Å². The van der Waals surface area contributed by atoms with Gasteiger partial charge in [-0.2, -0.15) is 0 Å². The van der Waals surface area contributed by atoms with Crippen LogP contribution in [0.2, 0.25) is 0 Å². The standard InChI is InChI=1S/3C18H15O3P.CH2O.Ir.4H/c3*1-4-10-16(11-5-1)19-22(20-17-12-6-2-7-13-17)21-18-14-8-3-9-15-18;1-2;;;;;/h3*1-15H;1H2;;;;;/q;;;;;4*-1. The summed E-state index contributed by atoms with van der Waals surface area (Å²) < 4.78 is 52.6. The second kappa shape index (κ2) is 31.7. The molecule has 14 heteroatoms. The van der Waals surface area contributed by atoms with Gasteiger partial charge in [-0.3, -0.25) is 0 Å². The van der Waals surface area contributed by atoms with Gasteiger partial charge >= 0.3 is 25.8 Å². The van der Waals surface area contributed by atoms with Crippen molar-refractivity contribution in [3.63, 3.8) is 0 Å². The van der Waals surface area contributed by atoms with Crippen LogP contribution in [0.25, 0.3) is 0 Å². The molecule has 9 aromatic carbocycles. The minimum Gasteiger partial charge on any atom is -1.00 e. The number of carbonyl (C=O) groups is 1. The molecule has 69 heavy (non-hydrogen) atoms. The molecule has 0 fully saturated rings. The Labute approximate surface area is 426 Å². The van der Waals surface area contributed by atoms with E-state index < -0.39 is 25.8 Å². The monoisotopic (exact) mass is 1160 g/mol. The van der Waals surface area contributed by atoms with Crippen molar-refractivity contribution in [2.75, 3.05) is 0 Å². The molecule has 0 amide bonds. The molecule has 9 rings (SSSR count). The van der Waals surface area contributed by atoms with Gasteiger partial charge in [0.2, 0.25) is 0 Å². The summed E-state index contributed by atoms with van der Waals surface area (Å²) in [4.78, 5) is 8.00. The van der Waals surface area contributed by atoms with Gasteiger partial charge in [0.15, 0.2) is 0 Å². The summed E-state index contributed by atoms with van der Waals surface area (Å²) in [5.74, 6) is 6.38. The minimum atomic E-state index is -1.59. The summed E-state index contributed by atoms with van der Waals surface area (Å²) in [6.07, 6.45) is 0. The van der Waals surface area contributed by atoms with Crippen LogP contribution < -0.4 is 40.7 Å². The van der Waals surface area contributed by atoms with Gasteiger partial charge in [0.05, 0.1) is 0 Å². The zero-order valence-corrected chi connectivity index (χ0v) is 42.0. The summed E-state index contributed by atoms with van der Waals surface area (Å²) in [6.45, 7) is 2.00. The van der Waals surface area contributed by atoms with Crippen molar-refractivity contribution in [3.8, 4) is 51.7 Å². The molecule has 0 aliphatic carbocycles. The van der Waals surface area contributed by atoms with Crippen molar-refractivity contribution in [3.05, 3.63) is 273 Å². The molecule has 9 aromatic rings. The third-order valence-electron chi connectivity index (χ3n) is 8.31. The molecule has 10 nitrogen and oxygen atoms in total. The van der Waals surface area contributed by atoms with Crippen molar-refractivity contribution >= 4 is 32.6 Å². The van der Waals surface area contributed by atoms with Crippen LogP contribution in [0.4, 0.5) is 0 Å². The molecule has 0 spiro atoms. The van der Waals surface area contributed by atoms with Crippen LogP contribution in [-0.2, 0) is 24.9 Å². The van der Waals surface area contributed by atoms with Crippen LogP contribution in [0.3, 0.4) is 0 Å². The zero-order valence-electron chi connectivity index (χ0n) is 40.9. The van der Waals surface area contributed by atoms with Gasteiger partial charge in [-0.25, -0.2) is 0 Å². The third kappa shape index (κ3) is 20.7. The summed E-state index contributed by atoms with van der Waals surface area (Å²) in [5, 5.41) is 0. The Hall–Kier alpha value is -7.21.